The molecule has 2 rings (SSSR count). The van der Waals surface area contributed by atoms with Crippen LogP contribution in [0.4, 0.5) is 0 Å². The van der Waals surface area contributed by atoms with Crippen molar-refractivity contribution >= 4 is 5.91 Å². The smallest absolute Gasteiger partial charge is 0.223 e. The molecule has 0 aromatic heterocycles. The van der Waals surface area contributed by atoms with E-state index in [4.69, 9.17) is 4.74 Å². The fraction of sp³-hybridized carbons (Fsp3) is 0.929. The van der Waals surface area contributed by atoms with Gasteiger partial charge in [0.2, 0.25) is 5.91 Å². The second kappa shape index (κ2) is 6.02. The topological polar surface area (TPSA) is 50.4 Å². The number of carbonyl (C=O) groups is 1. The molecule has 1 aliphatic carbocycles. The van der Waals surface area contributed by atoms with Crippen LogP contribution < -0.4 is 10.6 Å². The first-order valence-electron chi connectivity index (χ1n) is 7.22. The minimum atomic E-state index is 0.187. The van der Waals surface area contributed by atoms with Crippen molar-refractivity contribution in [3.63, 3.8) is 0 Å². The van der Waals surface area contributed by atoms with Crippen LogP contribution in [0.3, 0.4) is 0 Å². The molecule has 4 heteroatoms. The summed E-state index contributed by atoms with van der Waals surface area (Å²) >= 11 is 0. The molecule has 1 saturated heterocycles. The largest absolute Gasteiger partial charge is 0.383 e. The van der Waals surface area contributed by atoms with Crippen LogP contribution in [0.2, 0.25) is 0 Å². The van der Waals surface area contributed by atoms with E-state index in [9.17, 15) is 4.79 Å². The summed E-state index contributed by atoms with van der Waals surface area (Å²) < 4.78 is 5.17. The minimum absolute atomic E-state index is 0.187. The molecule has 2 atom stereocenters. The van der Waals surface area contributed by atoms with Gasteiger partial charge in [-0.2, -0.15) is 0 Å². The van der Waals surface area contributed by atoms with E-state index in [2.05, 4.69) is 17.6 Å². The first-order chi connectivity index (χ1) is 8.72. The molecule has 1 amide bonds. The van der Waals surface area contributed by atoms with Crippen LogP contribution in [0.25, 0.3) is 0 Å². The lowest BCUT2D eigenvalue weighted by Crippen LogP contribution is -2.40. The Balaban J connectivity index is 1.81. The quantitative estimate of drug-likeness (QED) is 0.751. The summed E-state index contributed by atoms with van der Waals surface area (Å²) in [5.41, 5.74) is 0.333. The Hall–Kier alpha value is -0.610. The lowest BCUT2D eigenvalue weighted by Gasteiger charge is -2.24. The molecule has 104 valence electrons. The fourth-order valence-corrected chi connectivity index (χ4v) is 3.24. The second-order valence-electron chi connectivity index (χ2n) is 5.82. The van der Waals surface area contributed by atoms with Crippen LogP contribution in [-0.4, -0.2) is 38.8 Å². The molecule has 4 nitrogen and oxygen atoms in total. The van der Waals surface area contributed by atoms with Crippen LogP contribution in [0.5, 0.6) is 0 Å². The summed E-state index contributed by atoms with van der Waals surface area (Å²) in [5.74, 6) is 0.517. The zero-order valence-corrected chi connectivity index (χ0v) is 11.6. The van der Waals surface area contributed by atoms with Crippen molar-refractivity contribution in [3.8, 4) is 0 Å². The molecule has 0 radical (unpaired) electrons. The van der Waals surface area contributed by atoms with Gasteiger partial charge < -0.3 is 15.4 Å². The Morgan fingerprint density at radius 3 is 2.83 bits per heavy atom. The predicted molar refractivity (Wildman–Crippen MR) is 71.4 cm³/mol. The maximum Gasteiger partial charge on any atom is 0.223 e. The van der Waals surface area contributed by atoms with Gasteiger partial charge in [-0.1, -0.05) is 13.3 Å². The van der Waals surface area contributed by atoms with Crippen LogP contribution >= 0.6 is 0 Å². The number of hydrogen-bond donors (Lipinski definition) is 2. The zero-order valence-electron chi connectivity index (χ0n) is 11.6. The molecule has 2 unspecified atom stereocenters. The molecule has 1 aliphatic heterocycles. The highest BCUT2D eigenvalue weighted by atomic mass is 16.5. The van der Waals surface area contributed by atoms with Crippen molar-refractivity contribution in [1.29, 1.82) is 0 Å². The summed E-state index contributed by atoms with van der Waals surface area (Å²) in [6.07, 6.45) is 5.49. The number of rotatable bonds is 6. The van der Waals surface area contributed by atoms with Gasteiger partial charge in [0.1, 0.15) is 0 Å². The molecule has 0 aromatic carbocycles. The highest BCUT2D eigenvalue weighted by Gasteiger charge is 2.57. The van der Waals surface area contributed by atoms with Gasteiger partial charge >= 0.3 is 0 Å². The fourth-order valence-electron chi connectivity index (χ4n) is 3.24. The third-order valence-corrected chi connectivity index (χ3v) is 4.46. The maximum atomic E-state index is 12.3. The molecule has 2 fully saturated rings. The van der Waals surface area contributed by atoms with Crippen LogP contribution in [0, 0.1) is 11.3 Å². The van der Waals surface area contributed by atoms with Crippen molar-refractivity contribution in [3.05, 3.63) is 0 Å². The summed E-state index contributed by atoms with van der Waals surface area (Å²) in [7, 11) is 1.69. The Morgan fingerprint density at radius 2 is 2.22 bits per heavy atom. The van der Waals surface area contributed by atoms with E-state index < -0.39 is 0 Å². The lowest BCUT2D eigenvalue weighted by atomic mass is 9.91. The number of nitrogens with one attached hydrogen (secondary N) is 2. The van der Waals surface area contributed by atoms with Crippen molar-refractivity contribution < 1.29 is 9.53 Å². The van der Waals surface area contributed by atoms with Crippen LogP contribution in [-0.2, 0) is 9.53 Å². The van der Waals surface area contributed by atoms with E-state index in [1.807, 2.05) is 0 Å². The van der Waals surface area contributed by atoms with Gasteiger partial charge in [-0.05, 0) is 44.2 Å². The van der Waals surface area contributed by atoms with Gasteiger partial charge in [0.15, 0.2) is 0 Å². The van der Waals surface area contributed by atoms with E-state index >= 15 is 0 Å². The first kappa shape index (κ1) is 13.8. The third kappa shape index (κ3) is 3.04. The SMILES string of the molecule is CCCC(COC)NC(=O)C1CC12CCNCC2. The average molecular weight is 254 g/mol. The minimum Gasteiger partial charge on any atom is -0.383 e. The molecule has 1 spiro atoms. The number of hydrogen-bond acceptors (Lipinski definition) is 3. The summed E-state index contributed by atoms with van der Waals surface area (Å²) in [6.45, 7) is 4.90. The van der Waals surface area contributed by atoms with Gasteiger partial charge in [-0.3, -0.25) is 4.79 Å². The van der Waals surface area contributed by atoms with E-state index in [-0.39, 0.29) is 17.9 Å². The molecular formula is C14H26N2O2. The highest BCUT2D eigenvalue weighted by molar-refractivity contribution is 5.82. The Kier molecular flexibility index (Phi) is 4.62. The molecular weight excluding hydrogens is 228 g/mol. The summed E-state index contributed by atoms with van der Waals surface area (Å²) in [6, 6.07) is 0.187. The number of methoxy groups -OCH3 is 1. The Bertz CT molecular complexity index is 282. The molecule has 2 aliphatic rings. The van der Waals surface area contributed by atoms with Crippen molar-refractivity contribution in [2.24, 2.45) is 11.3 Å². The van der Waals surface area contributed by atoms with Gasteiger partial charge in [0, 0.05) is 13.0 Å². The molecule has 2 N–H and O–H groups in total. The molecule has 0 bridgehead atoms. The van der Waals surface area contributed by atoms with Gasteiger partial charge in [-0.15, -0.1) is 0 Å². The maximum absolute atomic E-state index is 12.3. The lowest BCUT2D eigenvalue weighted by molar-refractivity contribution is -0.124. The number of ether oxygens (including phenoxy) is 1. The van der Waals surface area contributed by atoms with Crippen LogP contribution in [0.15, 0.2) is 0 Å². The van der Waals surface area contributed by atoms with E-state index in [1.165, 1.54) is 0 Å². The zero-order chi connectivity index (χ0) is 13.0. The van der Waals surface area contributed by atoms with Gasteiger partial charge in [0.25, 0.3) is 0 Å². The van der Waals surface area contributed by atoms with Gasteiger partial charge in [-0.25, -0.2) is 0 Å². The molecule has 0 aromatic rings. The summed E-state index contributed by atoms with van der Waals surface area (Å²) in [5, 5.41) is 6.54. The van der Waals surface area contributed by atoms with E-state index in [1.54, 1.807) is 7.11 Å². The monoisotopic (exact) mass is 254 g/mol. The third-order valence-electron chi connectivity index (χ3n) is 4.46. The number of piperidine rings is 1. The van der Waals surface area contributed by atoms with E-state index in [0.717, 1.165) is 45.2 Å². The Morgan fingerprint density at radius 1 is 1.50 bits per heavy atom. The number of amides is 1. The first-order valence-corrected chi connectivity index (χ1v) is 7.22. The predicted octanol–water partition coefficient (Wildman–Crippen LogP) is 1.31. The van der Waals surface area contributed by atoms with Crippen LogP contribution in [0.1, 0.15) is 39.0 Å². The van der Waals surface area contributed by atoms with Crippen molar-refractivity contribution in [2.75, 3.05) is 26.8 Å². The molecule has 18 heavy (non-hydrogen) atoms. The van der Waals surface area contributed by atoms with E-state index in [0.29, 0.717) is 12.0 Å². The second-order valence-corrected chi connectivity index (χ2v) is 5.82. The van der Waals surface area contributed by atoms with Gasteiger partial charge in [0.05, 0.1) is 12.6 Å². The molecule has 1 saturated carbocycles. The highest BCUT2D eigenvalue weighted by Crippen LogP contribution is 2.58. The number of carbonyl (C=O) groups excluding carboxylic acids is 1. The van der Waals surface area contributed by atoms with Crippen molar-refractivity contribution in [2.45, 2.75) is 45.1 Å². The Labute approximate surface area is 110 Å². The van der Waals surface area contributed by atoms with Crippen molar-refractivity contribution in [1.82, 2.24) is 10.6 Å². The standard InChI is InChI=1S/C14H26N2O2/c1-3-4-11(10-18-2)16-13(17)12-9-14(12)5-7-15-8-6-14/h11-12,15H,3-10H2,1-2H3,(H,16,17). The summed E-state index contributed by atoms with van der Waals surface area (Å²) in [4.78, 5) is 12.3. The average Bonchev–Trinajstić information content (AvgIpc) is 3.04. The normalized spacial score (nSPS) is 26.9. The molecule has 1 heterocycles.